The maximum Gasteiger partial charge on any atom is 0.185 e. The van der Waals surface area contributed by atoms with Gasteiger partial charge in [-0.1, -0.05) is 73.8 Å². The molecule has 2 aromatic carbocycles. The number of hydrogen-bond acceptors (Lipinski definition) is 3. The Kier molecular flexibility index (Phi) is 7.15. The largest absolute Gasteiger partial charge is 0.367 e. The highest BCUT2D eigenvalue weighted by Crippen LogP contribution is 2.19. The van der Waals surface area contributed by atoms with Gasteiger partial charge in [0.05, 0.1) is 6.61 Å². The molecule has 0 saturated carbocycles. The first kappa shape index (κ1) is 17.9. The summed E-state index contributed by atoms with van der Waals surface area (Å²) in [6.07, 6.45) is 2.86. The van der Waals surface area contributed by atoms with Crippen molar-refractivity contribution in [1.29, 1.82) is 0 Å². The fourth-order valence-corrected chi connectivity index (χ4v) is 2.32. The Morgan fingerprint density at radius 2 is 1.71 bits per heavy atom. The number of ketones is 1. The smallest absolute Gasteiger partial charge is 0.185 e. The lowest BCUT2D eigenvalue weighted by Crippen LogP contribution is -2.42. The van der Waals surface area contributed by atoms with Crippen molar-refractivity contribution in [2.24, 2.45) is 0 Å². The van der Waals surface area contributed by atoms with Gasteiger partial charge < -0.3 is 10.1 Å². The third kappa shape index (κ3) is 5.30. The number of carbonyl (C=O) groups is 1. The highest BCUT2D eigenvalue weighted by Gasteiger charge is 2.18. The Labute approximate surface area is 143 Å². The van der Waals surface area contributed by atoms with Crippen molar-refractivity contribution in [3.63, 3.8) is 0 Å². The first-order valence-electron chi connectivity index (χ1n) is 8.01. The van der Waals surface area contributed by atoms with Crippen LogP contribution >= 0.6 is 0 Å². The van der Waals surface area contributed by atoms with Crippen molar-refractivity contribution in [1.82, 2.24) is 5.32 Å². The molecular formula is C21H23NO2. The highest BCUT2D eigenvalue weighted by atomic mass is 16.5. The average molecular weight is 321 g/mol. The number of ether oxygens (including phenoxy) is 1. The minimum Gasteiger partial charge on any atom is -0.367 e. The summed E-state index contributed by atoms with van der Waals surface area (Å²) in [4.78, 5) is 10.9. The number of benzene rings is 2. The van der Waals surface area contributed by atoms with E-state index in [-0.39, 0.29) is 11.9 Å². The van der Waals surface area contributed by atoms with Crippen LogP contribution in [0.2, 0.25) is 0 Å². The van der Waals surface area contributed by atoms with Gasteiger partial charge in [-0.15, -0.1) is 0 Å². The Morgan fingerprint density at radius 3 is 2.25 bits per heavy atom. The Bertz CT molecular complexity index is 656. The molecule has 0 aromatic heterocycles. The lowest BCUT2D eigenvalue weighted by atomic mass is 10.0. The van der Waals surface area contributed by atoms with Crippen molar-refractivity contribution < 1.29 is 9.53 Å². The zero-order valence-electron chi connectivity index (χ0n) is 13.8. The van der Waals surface area contributed by atoms with Crippen LogP contribution in [0.25, 0.3) is 17.2 Å². The van der Waals surface area contributed by atoms with Gasteiger partial charge in [-0.05, 0) is 22.8 Å². The second-order valence-electron chi connectivity index (χ2n) is 5.36. The normalized spacial score (nSPS) is 16.4. The fourth-order valence-electron chi connectivity index (χ4n) is 2.32. The van der Waals surface area contributed by atoms with Crippen LogP contribution in [0.5, 0.6) is 0 Å². The molecule has 2 aromatic rings. The predicted octanol–water partition coefficient (Wildman–Crippen LogP) is 3.73. The van der Waals surface area contributed by atoms with Gasteiger partial charge in [0.15, 0.2) is 5.78 Å². The summed E-state index contributed by atoms with van der Waals surface area (Å²) < 4.78 is 5.15. The van der Waals surface area contributed by atoms with Crippen molar-refractivity contribution >= 4 is 11.9 Å². The van der Waals surface area contributed by atoms with E-state index in [9.17, 15) is 4.79 Å². The van der Waals surface area contributed by atoms with Gasteiger partial charge in [0, 0.05) is 13.1 Å². The summed E-state index contributed by atoms with van der Waals surface area (Å²) in [7, 11) is 0. The van der Waals surface area contributed by atoms with E-state index in [1.54, 1.807) is 0 Å². The molecule has 1 unspecified atom stereocenters. The third-order valence-electron chi connectivity index (χ3n) is 3.70. The monoisotopic (exact) mass is 321 g/mol. The number of carbonyl (C=O) groups excluding carboxylic acids is 1. The molecule has 0 amide bonds. The van der Waals surface area contributed by atoms with E-state index in [1.165, 1.54) is 17.2 Å². The van der Waals surface area contributed by atoms with E-state index in [4.69, 9.17) is 4.74 Å². The van der Waals surface area contributed by atoms with Gasteiger partial charge in [0.25, 0.3) is 0 Å². The van der Waals surface area contributed by atoms with E-state index < -0.39 is 0 Å². The van der Waals surface area contributed by atoms with E-state index >= 15 is 0 Å². The molecular weight excluding hydrogens is 298 g/mol. The molecule has 3 rings (SSSR count). The van der Waals surface area contributed by atoms with Gasteiger partial charge in [-0.3, -0.25) is 4.79 Å². The van der Waals surface area contributed by atoms with Crippen molar-refractivity contribution in [3.05, 3.63) is 79.4 Å². The molecule has 1 atom stereocenters. The first-order valence-corrected chi connectivity index (χ1v) is 8.01. The minimum absolute atomic E-state index is 0.0350. The standard InChI is InChI=1S/C14H12.C7H11NO2/c1-2-12-8-10-14(11-9-12)13-6-4-3-5-7-13;1-2-6(9)7-5-8-3-4-10-7/h2-11H,1H2;2,7-8H,1,3-5H2. The number of morpholine rings is 1. The quantitative estimate of drug-likeness (QED) is 0.872. The van der Waals surface area contributed by atoms with Gasteiger partial charge in [-0.25, -0.2) is 0 Å². The summed E-state index contributed by atoms with van der Waals surface area (Å²) in [5.41, 5.74) is 3.66. The van der Waals surface area contributed by atoms with Crippen LogP contribution in [0.15, 0.2) is 73.8 Å². The van der Waals surface area contributed by atoms with Crippen molar-refractivity contribution in [2.75, 3.05) is 19.7 Å². The Morgan fingerprint density at radius 1 is 1.04 bits per heavy atom. The first-order chi connectivity index (χ1) is 11.7. The molecule has 0 spiro atoms. The minimum atomic E-state index is -0.300. The molecule has 1 aliphatic heterocycles. The summed E-state index contributed by atoms with van der Waals surface area (Å²) in [5.74, 6) is -0.0350. The molecule has 1 fully saturated rings. The zero-order valence-corrected chi connectivity index (χ0v) is 13.8. The van der Waals surface area contributed by atoms with Crippen LogP contribution in [0, 0.1) is 0 Å². The number of hydrogen-bond donors (Lipinski definition) is 1. The molecule has 3 nitrogen and oxygen atoms in total. The second kappa shape index (κ2) is 9.60. The van der Waals surface area contributed by atoms with Crippen LogP contribution in [0.1, 0.15) is 5.56 Å². The lowest BCUT2D eigenvalue weighted by Gasteiger charge is -2.20. The van der Waals surface area contributed by atoms with E-state index in [2.05, 4.69) is 67.0 Å². The molecule has 1 saturated heterocycles. The molecule has 3 heteroatoms. The van der Waals surface area contributed by atoms with Crippen LogP contribution in [0.3, 0.4) is 0 Å². The molecule has 0 aliphatic carbocycles. The Hall–Kier alpha value is -2.49. The van der Waals surface area contributed by atoms with Crippen molar-refractivity contribution in [3.8, 4) is 11.1 Å². The molecule has 0 bridgehead atoms. The summed E-state index contributed by atoms with van der Waals surface area (Å²) in [6.45, 7) is 9.18. The molecule has 1 heterocycles. The van der Waals surface area contributed by atoms with Crippen molar-refractivity contribution in [2.45, 2.75) is 6.10 Å². The SMILES string of the molecule is C=CC(=O)C1CNCCO1.C=Cc1ccc(-c2ccccc2)cc1. The van der Waals surface area contributed by atoms with Gasteiger partial charge in [-0.2, -0.15) is 0 Å². The topological polar surface area (TPSA) is 38.3 Å². The molecule has 24 heavy (non-hydrogen) atoms. The second-order valence-corrected chi connectivity index (χ2v) is 5.36. The summed E-state index contributed by atoms with van der Waals surface area (Å²) in [6, 6.07) is 18.8. The van der Waals surface area contributed by atoms with Gasteiger partial charge >= 0.3 is 0 Å². The maximum absolute atomic E-state index is 10.9. The molecule has 124 valence electrons. The predicted molar refractivity (Wildman–Crippen MR) is 99.8 cm³/mol. The number of rotatable bonds is 4. The summed E-state index contributed by atoms with van der Waals surface area (Å²) >= 11 is 0. The average Bonchev–Trinajstić information content (AvgIpc) is 2.69. The molecule has 1 aliphatic rings. The maximum atomic E-state index is 10.9. The third-order valence-corrected chi connectivity index (χ3v) is 3.70. The Balaban J connectivity index is 0.000000185. The van der Waals surface area contributed by atoms with Gasteiger partial charge in [0.1, 0.15) is 6.10 Å². The zero-order chi connectivity index (χ0) is 17.2. The van der Waals surface area contributed by atoms with Gasteiger partial charge in [0.2, 0.25) is 0 Å². The highest BCUT2D eigenvalue weighted by molar-refractivity contribution is 5.93. The molecule has 0 radical (unpaired) electrons. The van der Waals surface area contributed by atoms with E-state index in [0.717, 1.165) is 12.1 Å². The van der Waals surface area contributed by atoms with Crippen LogP contribution in [0.4, 0.5) is 0 Å². The van der Waals surface area contributed by atoms with Crippen LogP contribution in [-0.2, 0) is 9.53 Å². The summed E-state index contributed by atoms with van der Waals surface area (Å²) in [5, 5.41) is 3.06. The lowest BCUT2D eigenvalue weighted by molar-refractivity contribution is -0.126. The van der Waals surface area contributed by atoms with Crippen LogP contribution in [-0.4, -0.2) is 31.6 Å². The van der Waals surface area contributed by atoms with Crippen LogP contribution < -0.4 is 5.32 Å². The number of nitrogens with one attached hydrogen (secondary N) is 1. The van der Waals surface area contributed by atoms with E-state index in [1.807, 2.05) is 12.1 Å². The fraction of sp³-hybridized carbons (Fsp3) is 0.190. The molecule has 1 N–H and O–H groups in total. The van der Waals surface area contributed by atoms with E-state index in [0.29, 0.717) is 13.2 Å².